The molecule has 0 radical (unpaired) electrons. The Balaban J connectivity index is 1.75. The number of nitrogens with zero attached hydrogens (tertiary/aromatic N) is 4. The zero-order chi connectivity index (χ0) is 30.2. The molecule has 42 heavy (non-hydrogen) atoms. The first-order chi connectivity index (χ1) is 20.2. The summed E-state index contributed by atoms with van der Waals surface area (Å²) in [5.74, 6) is -3.73. The molecule has 3 aromatic rings. The fourth-order valence-corrected chi connectivity index (χ4v) is 4.66. The van der Waals surface area contributed by atoms with Crippen molar-refractivity contribution in [2.75, 3.05) is 24.3 Å². The van der Waals surface area contributed by atoms with E-state index in [2.05, 4.69) is 25.8 Å². The monoisotopic (exact) mass is 591 g/mol. The average Bonchev–Trinajstić information content (AvgIpc) is 3.37. The van der Waals surface area contributed by atoms with Crippen molar-refractivity contribution in [3.63, 3.8) is 0 Å². The average molecular weight is 592 g/mol. The third-order valence-corrected chi connectivity index (χ3v) is 6.57. The molecule has 2 heterocycles. The minimum absolute atomic E-state index is 0.114. The minimum atomic E-state index is -1.55. The standard InChI is InChI=1S/C27H25N7O7S/c1-41-33-23(18-14-42-27(28)30-18)25(39)32-24-26(40)34(12-20(36)29-16(13-35)11-21(37)38)19-10-6-5-9-17(19)22(31-24)15-7-3-2-4-8-15/h2-10,13-14,16,24H,11-12H2,1H3,(H2,28,30)(H,29,36)(H,32,39)(H,37,38)/t16-,24?/m0/s1. The van der Waals surface area contributed by atoms with E-state index in [0.717, 1.165) is 16.2 Å². The molecule has 1 aliphatic heterocycles. The predicted molar refractivity (Wildman–Crippen MR) is 153 cm³/mol. The topological polar surface area (TPSA) is 206 Å². The maximum Gasteiger partial charge on any atom is 0.305 e. The number of fused-ring (bicyclic) bond motifs is 1. The van der Waals surface area contributed by atoms with Crippen LogP contribution < -0.4 is 21.3 Å². The SMILES string of the molecule is CON=C(C(=O)NC1N=C(c2ccccc2)c2ccccc2N(CC(=O)N[C@H](C=O)CC(=O)O)C1=O)c1csc(N)n1. The van der Waals surface area contributed by atoms with Crippen molar-refractivity contribution in [3.05, 3.63) is 76.8 Å². The van der Waals surface area contributed by atoms with Crippen LogP contribution in [0.25, 0.3) is 0 Å². The van der Waals surface area contributed by atoms with Crippen LogP contribution in [0.1, 0.15) is 23.2 Å². The number of thiazole rings is 1. The summed E-state index contributed by atoms with van der Waals surface area (Å²) in [6.07, 6.45) is -1.89. The molecule has 15 heteroatoms. The summed E-state index contributed by atoms with van der Waals surface area (Å²) < 4.78 is 0. The van der Waals surface area contributed by atoms with E-state index in [0.29, 0.717) is 28.8 Å². The number of aromatic nitrogens is 1. The van der Waals surface area contributed by atoms with Crippen LogP contribution in [0.15, 0.2) is 70.1 Å². The Morgan fingerprint density at radius 3 is 2.55 bits per heavy atom. The van der Waals surface area contributed by atoms with Crippen LogP contribution in [0.3, 0.4) is 0 Å². The summed E-state index contributed by atoms with van der Waals surface area (Å²) in [7, 11) is 1.24. The molecule has 1 aromatic heterocycles. The van der Waals surface area contributed by atoms with E-state index >= 15 is 0 Å². The molecular weight excluding hydrogens is 566 g/mol. The van der Waals surface area contributed by atoms with Crippen LogP contribution in [-0.4, -0.2) is 77.4 Å². The van der Waals surface area contributed by atoms with Gasteiger partial charge in [0, 0.05) is 16.5 Å². The molecule has 0 saturated heterocycles. The van der Waals surface area contributed by atoms with E-state index in [4.69, 9.17) is 15.7 Å². The van der Waals surface area contributed by atoms with Gasteiger partial charge >= 0.3 is 5.97 Å². The smallest absolute Gasteiger partial charge is 0.305 e. The van der Waals surface area contributed by atoms with E-state index in [9.17, 15) is 24.0 Å². The molecule has 0 spiro atoms. The highest BCUT2D eigenvalue weighted by molar-refractivity contribution is 7.13. The van der Waals surface area contributed by atoms with Crippen LogP contribution in [-0.2, 0) is 28.8 Å². The normalized spacial score (nSPS) is 15.5. The van der Waals surface area contributed by atoms with Gasteiger partial charge in [-0.3, -0.25) is 24.1 Å². The number of hydrogen-bond donors (Lipinski definition) is 4. The van der Waals surface area contributed by atoms with E-state index in [-0.39, 0.29) is 16.5 Å². The summed E-state index contributed by atoms with van der Waals surface area (Å²) in [5, 5.41) is 19.3. The van der Waals surface area contributed by atoms with E-state index in [1.807, 2.05) is 0 Å². The number of aliphatic carboxylic acids is 1. The lowest BCUT2D eigenvalue weighted by Gasteiger charge is -2.25. The number of carboxylic acid groups (broad SMARTS) is 1. The predicted octanol–water partition coefficient (Wildman–Crippen LogP) is 0.561. The number of para-hydroxylation sites is 1. The molecule has 0 aliphatic carbocycles. The highest BCUT2D eigenvalue weighted by Crippen LogP contribution is 2.28. The molecule has 1 aliphatic rings. The number of benzene rings is 2. The van der Waals surface area contributed by atoms with Gasteiger partial charge in [0.2, 0.25) is 12.1 Å². The Morgan fingerprint density at radius 1 is 1.19 bits per heavy atom. The van der Waals surface area contributed by atoms with Gasteiger partial charge in [0.25, 0.3) is 11.8 Å². The molecular formula is C27H25N7O7S. The van der Waals surface area contributed by atoms with Crippen LogP contribution in [0, 0.1) is 0 Å². The fourth-order valence-electron chi connectivity index (χ4n) is 4.11. The second kappa shape index (κ2) is 13.3. The Bertz CT molecular complexity index is 1570. The van der Waals surface area contributed by atoms with Crippen molar-refractivity contribution >= 4 is 63.6 Å². The summed E-state index contributed by atoms with van der Waals surface area (Å²) in [6, 6.07) is 14.3. The fraction of sp³-hybridized carbons (Fsp3) is 0.185. The second-order valence-corrected chi connectivity index (χ2v) is 9.65. The molecule has 0 fully saturated rings. The first-order valence-electron chi connectivity index (χ1n) is 12.4. The third-order valence-electron chi connectivity index (χ3n) is 5.89. The molecule has 1 unspecified atom stereocenters. The van der Waals surface area contributed by atoms with Gasteiger partial charge in [0.1, 0.15) is 25.6 Å². The molecule has 2 atom stereocenters. The molecule has 5 N–H and O–H groups in total. The summed E-state index contributed by atoms with van der Waals surface area (Å²) >= 11 is 1.07. The lowest BCUT2D eigenvalue weighted by Crippen LogP contribution is -2.52. The molecule has 0 saturated carbocycles. The Labute approximate surface area is 242 Å². The number of benzodiazepines with no additional fused rings is 1. The first-order valence-corrected chi connectivity index (χ1v) is 13.2. The number of rotatable bonds is 11. The van der Waals surface area contributed by atoms with Crippen molar-refractivity contribution in [1.29, 1.82) is 0 Å². The number of carboxylic acids is 1. The number of carbonyl (C=O) groups excluding carboxylic acids is 4. The molecule has 0 bridgehead atoms. The number of oxime groups is 1. The number of nitrogen functional groups attached to an aromatic ring is 1. The van der Waals surface area contributed by atoms with Crippen molar-refractivity contribution in [3.8, 4) is 0 Å². The number of carbonyl (C=O) groups is 5. The van der Waals surface area contributed by atoms with Crippen LogP contribution >= 0.6 is 11.3 Å². The van der Waals surface area contributed by atoms with Gasteiger partial charge in [0.15, 0.2) is 10.8 Å². The van der Waals surface area contributed by atoms with Gasteiger partial charge in [-0.25, -0.2) is 9.98 Å². The van der Waals surface area contributed by atoms with Crippen molar-refractivity contribution < 1.29 is 33.9 Å². The zero-order valence-electron chi connectivity index (χ0n) is 22.1. The highest BCUT2D eigenvalue weighted by Gasteiger charge is 2.35. The summed E-state index contributed by atoms with van der Waals surface area (Å²) in [6.45, 7) is -0.606. The van der Waals surface area contributed by atoms with Gasteiger partial charge in [-0.1, -0.05) is 53.7 Å². The lowest BCUT2D eigenvalue weighted by molar-refractivity contribution is -0.138. The Morgan fingerprint density at radius 2 is 1.90 bits per heavy atom. The molecule has 4 rings (SSSR count). The lowest BCUT2D eigenvalue weighted by atomic mass is 10.0. The van der Waals surface area contributed by atoms with E-state index in [1.165, 1.54) is 12.5 Å². The molecule has 3 amide bonds. The third kappa shape index (κ3) is 6.82. The maximum atomic E-state index is 14.0. The van der Waals surface area contributed by atoms with Crippen molar-refractivity contribution in [2.24, 2.45) is 10.1 Å². The molecule has 2 aromatic carbocycles. The van der Waals surface area contributed by atoms with E-state index < -0.39 is 48.9 Å². The molecule has 216 valence electrons. The second-order valence-electron chi connectivity index (χ2n) is 8.76. The number of amides is 3. The van der Waals surface area contributed by atoms with Gasteiger partial charge in [-0.15, -0.1) is 11.3 Å². The summed E-state index contributed by atoms with van der Waals surface area (Å²) in [5.41, 5.74) is 7.33. The van der Waals surface area contributed by atoms with Crippen LogP contribution in [0.4, 0.5) is 10.8 Å². The molecule has 14 nitrogen and oxygen atoms in total. The van der Waals surface area contributed by atoms with Gasteiger partial charge in [-0.2, -0.15) is 0 Å². The summed E-state index contributed by atoms with van der Waals surface area (Å²) in [4.78, 5) is 77.3. The van der Waals surface area contributed by atoms with Crippen LogP contribution in [0.2, 0.25) is 0 Å². The van der Waals surface area contributed by atoms with Crippen LogP contribution in [0.5, 0.6) is 0 Å². The number of aldehydes is 1. The maximum absolute atomic E-state index is 14.0. The number of nitrogens with one attached hydrogen (secondary N) is 2. The van der Waals surface area contributed by atoms with Crippen molar-refractivity contribution in [1.82, 2.24) is 15.6 Å². The Hall–Kier alpha value is -5.44. The zero-order valence-corrected chi connectivity index (χ0v) is 22.9. The number of anilines is 2. The Kier molecular flexibility index (Phi) is 9.34. The van der Waals surface area contributed by atoms with Gasteiger partial charge in [0.05, 0.1) is 23.9 Å². The largest absolute Gasteiger partial charge is 0.481 e. The first kappa shape index (κ1) is 29.5. The number of aliphatic imine (C=N–C) groups is 1. The minimum Gasteiger partial charge on any atom is -0.481 e. The highest BCUT2D eigenvalue weighted by atomic mass is 32.1. The quantitative estimate of drug-likeness (QED) is 0.139. The van der Waals surface area contributed by atoms with Crippen molar-refractivity contribution in [2.45, 2.75) is 18.6 Å². The number of nitrogens with two attached hydrogens (primary N) is 1. The number of hydrogen-bond acceptors (Lipinski definition) is 11. The van der Waals surface area contributed by atoms with Gasteiger partial charge < -0.3 is 31.1 Å². The van der Waals surface area contributed by atoms with Gasteiger partial charge in [-0.05, 0) is 6.07 Å². The van der Waals surface area contributed by atoms with E-state index in [1.54, 1.807) is 54.6 Å².